The van der Waals surface area contributed by atoms with Crippen molar-refractivity contribution in [3.8, 4) is 27.9 Å². The first-order valence-electron chi connectivity index (χ1n) is 20.0. The largest absolute Gasteiger partial charge is 0.333 e. The molecule has 8 aromatic carbocycles. The summed E-state index contributed by atoms with van der Waals surface area (Å²) in [5, 5.41) is 7.86. The molecule has 3 aromatic heterocycles. The highest BCUT2D eigenvalue weighted by Crippen LogP contribution is 2.53. The molecule has 2 nitrogen and oxygen atoms in total. The van der Waals surface area contributed by atoms with E-state index in [1.54, 1.807) is 0 Å². The lowest BCUT2D eigenvalue weighted by Crippen LogP contribution is -2.28. The number of benzene rings is 8. The first-order chi connectivity index (χ1) is 28.8. The molecule has 0 saturated heterocycles. The van der Waals surface area contributed by atoms with Crippen LogP contribution in [0.5, 0.6) is 0 Å². The Hall–Kier alpha value is -6.72. The third-order valence-electron chi connectivity index (χ3n) is 12.5. The normalized spacial score (nSPS) is 16.1. The minimum Gasteiger partial charge on any atom is -0.333 e. The van der Waals surface area contributed by atoms with Crippen LogP contribution >= 0.6 is 22.7 Å². The molecular formula is C54H34N2S2. The molecule has 0 saturated carbocycles. The Kier molecular flexibility index (Phi) is 6.91. The number of hydrogen-bond donors (Lipinski definition) is 0. The molecule has 4 heteroatoms. The van der Waals surface area contributed by atoms with Crippen LogP contribution in [0.1, 0.15) is 11.5 Å². The molecule has 0 bridgehead atoms. The number of fused-ring (bicyclic) bond motifs is 12. The van der Waals surface area contributed by atoms with E-state index in [1.807, 2.05) is 22.7 Å². The Balaban J connectivity index is 0.996. The summed E-state index contributed by atoms with van der Waals surface area (Å²) in [6.07, 6.45) is 9.27. The maximum absolute atomic E-state index is 2.61. The Morgan fingerprint density at radius 3 is 1.91 bits per heavy atom. The van der Waals surface area contributed by atoms with Crippen molar-refractivity contribution in [2.45, 2.75) is 12.0 Å². The van der Waals surface area contributed by atoms with Gasteiger partial charge in [-0.3, -0.25) is 0 Å². The van der Waals surface area contributed by atoms with Crippen LogP contribution < -0.4 is 4.90 Å². The SMILES string of the molecule is C1=CC2c3cc(-c4ccc5c(c4)c4ccccc4n5-c4ccccc4)ccc3N(c3cc(-c4cccc5c4sc4ccccc45)c4sc5ccccc5c4c3)C2C=C1. The van der Waals surface area contributed by atoms with Gasteiger partial charge in [0, 0.05) is 85.2 Å². The summed E-state index contributed by atoms with van der Waals surface area (Å²) < 4.78 is 7.76. The first kappa shape index (κ1) is 32.4. The van der Waals surface area contributed by atoms with Gasteiger partial charge in [-0.25, -0.2) is 0 Å². The van der Waals surface area contributed by atoms with E-state index in [-0.39, 0.29) is 12.0 Å². The van der Waals surface area contributed by atoms with Crippen LogP contribution in [-0.4, -0.2) is 10.6 Å². The summed E-state index contributed by atoms with van der Waals surface area (Å²) in [5.74, 6) is 0.244. The molecule has 0 radical (unpaired) electrons. The second-order valence-corrected chi connectivity index (χ2v) is 17.7. The number of aromatic nitrogens is 1. The number of para-hydroxylation sites is 2. The fourth-order valence-corrected chi connectivity index (χ4v) is 12.4. The third-order valence-corrected chi connectivity index (χ3v) is 14.9. The minimum atomic E-state index is 0.178. The Morgan fingerprint density at radius 2 is 1.07 bits per heavy atom. The van der Waals surface area contributed by atoms with Gasteiger partial charge in [-0.05, 0) is 83.4 Å². The van der Waals surface area contributed by atoms with Crippen molar-refractivity contribution in [1.29, 1.82) is 0 Å². The summed E-state index contributed by atoms with van der Waals surface area (Å²) in [4.78, 5) is 2.61. The number of rotatable bonds is 4. The lowest BCUT2D eigenvalue weighted by atomic mass is 9.89. The van der Waals surface area contributed by atoms with Crippen LogP contribution in [0.25, 0.3) is 90.1 Å². The summed E-state index contributed by atoms with van der Waals surface area (Å²) in [5.41, 5.74) is 12.6. The second kappa shape index (κ2) is 12.4. The minimum absolute atomic E-state index is 0.178. The number of nitrogens with zero attached hydrogens (tertiary/aromatic N) is 2. The maximum atomic E-state index is 2.61. The average molecular weight is 775 g/mol. The second-order valence-electron chi connectivity index (χ2n) is 15.6. The van der Waals surface area contributed by atoms with Crippen LogP contribution in [0.2, 0.25) is 0 Å². The van der Waals surface area contributed by atoms with Gasteiger partial charge in [-0.1, -0.05) is 127 Å². The van der Waals surface area contributed by atoms with Crippen LogP contribution in [0.4, 0.5) is 11.4 Å². The molecule has 0 spiro atoms. The molecule has 0 N–H and O–H groups in total. The van der Waals surface area contributed by atoms with Gasteiger partial charge in [-0.15, -0.1) is 22.7 Å². The van der Waals surface area contributed by atoms with E-state index < -0.39 is 0 Å². The van der Waals surface area contributed by atoms with Crippen LogP contribution in [-0.2, 0) is 0 Å². The molecule has 2 unspecified atom stereocenters. The highest BCUT2D eigenvalue weighted by atomic mass is 32.1. The molecule has 2 atom stereocenters. The van der Waals surface area contributed by atoms with Crippen LogP contribution in [0.15, 0.2) is 194 Å². The van der Waals surface area contributed by atoms with E-state index in [2.05, 4.69) is 204 Å². The first-order valence-corrected chi connectivity index (χ1v) is 21.6. The molecular weight excluding hydrogens is 741 g/mol. The van der Waals surface area contributed by atoms with Crippen molar-refractivity contribution >= 4 is 96.2 Å². The average Bonchev–Trinajstić information content (AvgIpc) is 4.04. The molecule has 0 fully saturated rings. The molecule has 1 aliphatic heterocycles. The van der Waals surface area contributed by atoms with Crippen molar-refractivity contribution in [2.75, 3.05) is 4.90 Å². The lowest BCUT2D eigenvalue weighted by molar-refractivity contribution is 0.745. The van der Waals surface area contributed by atoms with Gasteiger partial charge in [-0.2, -0.15) is 0 Å². The number of anilines is 2. The Bertz CT molecular complexity index is 3540. The van der Waals surface area contributed by atoms with Gasteiger partial charge in [0.1, 0.15) is 0 Å². The van der Waals surface area contributed by atoms with E-state index >= 15 is 0 Å². The van der Waals surface area contributed by atoms with Crippen LogP contribution in [0, 0.1) is 0 Å². The van der Waals surface area contributed by atoms with Gasteiger partial charge in [0.25, 0.3) is 0 Å². The van der Waals surface area contributed by atoms with Gasteiger partial charge in [0.15, 0.2) is 0 Å². The molecule has 2 aliphatic rings. The third kappa shape index (κ3) is 4.64. The van der Waals surface area contributed by atoms with Crippen molar-refractivity contribution in [3.63, 3.8) is 0 Å². The van der Waals surface area contributed by atoms with Gasteiger partial charge in [0.2, 0.25) is 0 Å². The van der Waals surface area contributed by atoms with Crippen molar-refractivity contribution in [3.05, 3.63) is 200 Å². The van der Waals surface area contributed by atoms with Crippen molar-refractivity contribution in [2.24, 2.45) is 0 Å². The molecule has 58 heavy (non-hydrogen) atoms. The quantitative estimate of drug-likeness (QED) is 0.173. The summed E-state index contributed by atoms with van der Waals surface area (Å²) in [6, 6.07) is 63.5. The highest BCUT2D eigenvalue weighted by molar-refractivity contribution is 7.27. The van der Waals surface area contributed by atoms with E-state index in [0.29, 0.717) is 0 Å². The van der Waals surface area contributed by atoms with Crippen LogP contribution in [0.3, 0.4) is 0 Å². The number of thiophene rings is 2. The molecule has 1 aliphatic carbocycles. The van der Waals surface area contributed by atoms with E-state index in [1.165, 1.54) is 107 Å². The predicted molar refractivity (Wildman–Crippen MR) is 251 cm³/mol. The van der Waals surface area contributed by atoms with E-state index in [0.717, 1.165) is 0 Å². The smallest absolute Gasteiger partial charge is 0.0629 e. The number of hydrogen-bond acceptors (Lipinski definition) is 3. The zero-order valence-electron chi connectivity index (χ0n) is 31.3. The molecule has 0 amide bonds. The van der Waals surface area contributed by atoms with E-state index in [4.69, 9.17) is 0 Å². The molecule has 4 heterocycles. The fourth-order valence-electron chi connectivity index (χ4n) is 9.94. The Labute approximate surface area is 343 Å². The highest BCUT2D eigenvalue weighted by Gasteiger charge is 2.38. The zero-order valence-corrected chi connectivity index (χ0v) is 33.0. The van der Waals surface area contributed by atoms with Gasteiger partial charge < -0.3 is 9.47 Å². The molecule has 272 valence electrons. The van der Waals surface area contributed by atoms with Gasteiger partial charge >= 0.3 is 0 Å². The number of allylic oxidation sites excluding steroid dienone is 2. The van der Waals surface area contributed by atoms with Crippen molar-refractivity contribution in [1.82, 2.24) is 4.57 Å². The molecule has 13 rings (SSSR count). The summed E-state index contributed by atoms with van der Waals surface area (Å²) in [6.45, 7) is 0. The summed E-state index contributed by atoms with van der Waals surface area (Å²) >= 11 is 3.83. The van der Waals surface area contributed by atoms with E-state index in [9.17, 15) is 0 Å². The standard InChI is InChI=1S/C54H34N2S2/c1-2-13-35(14-3-1)55-47-21-8-4-15-37(47)43-29-33(25-27-49(43)55)34-26-28-50-44(30-34)38-16-5-9-22-48(38)56(50)36-31-45-40-18-7-11-24-52(40)58-54(45)46(32-36)42-20-12-19-41-39-17-6-10-23-51(39)57-53(41)42/h1-32,38,48H. The fraction of sp³-hybridized carbons (Fsp3) is 0.0370. The van der Waals surface area contributed by atoms with Gasteiger partial charge in [0.05, 0.1) is 17.1 Å². The lowest BCUT2D eigenvalue weighted by Gasteiger charge is -2.29. The predicted octanol–water partition coefficient (Wildman–Crippen LogP) is 15.6. The topological polar surface area (TPSA) is 8.17 Å². The Morgan fingerprint density at radius 1 is 0.414 bits per heavy atom. The maximum Gasteiger partial charge on any atom is 0.0629 e. The summed E-state index contributed by atoms with van der Waals surface area (Å²) in [7, 11) is 0. The monoisotopic (exact) mass is 774 g/mol. The van der Waals surface area contributed by atoms with Crippen molar-refractivity contribution < 1.29 is 0 Å². The molecule has 11 aromatic rings. The zero-order chi connectivity index (χ0) is 37.9.